The number of amides is 1. The van der Waals surface area contributed by atoms with Crippen LogP contribution in [-0.2, 0) is 11.3 Å². The highest BCUT2D eigenvalue weighted by molar-refractivity contribution is 5.95. The van der Waals surface area contributed by atoms with Gasteiger partial charge in [-0.1, -0.05) is 12.0 Å². The summed E-state index contributed by atoms with van der Waals surface area (Å²) in [7, 11) is 1.52. The molecule has 3 heterocycles. The van der Waals surface area contributed by atoms with Gasteiger partial charge in [-0.3, -0.25) is 9.69 Å². The molecule has 1 saturated carbocycles. The number of anilines is 2. The van der Waals surface area contributed by atoms with Crippen LogP contribution in [0, 0.1) is 28.6 Å². The van der Waals surface area contributed by atoms with E-state index in [0.29, 0.717) is 39.4 Å². The third-order valence-electron chi connectivity index (χ3n) is 9.28. The van der Waals surface area contributed by atoms with Gasteiger partial charge in [-0.25, -0.2) is 0 Å². The van der Waals surface area contributed by atoms with Crippen molar-refractivity contribution in [1.82, 2.24) is 14.8 Å². The number of fused-ring (bicyclic) bond motifs is 1. The molecule has 3 aromatic rings. The highest BCUT2D eigenvalue weighted by atomic mass is 19.4. The molecule has 2 aliphatic heterocycles. The maximum Gasteiger partial charge on any atom is 0.406 e. The normalized spacial score (nSPS) is 20.3. The Morgan fingerprint density at radius 1 is 1.11 bits per heavy atom. The summed E-state index contributed by atoms with van der Waals surface area (Å²) >= 11 is 0. The lowest BCUT2D eigenvalue weighted by Crippen LogP contribution is -2.68. The van der Waals surface area contributed by atoms with Gasteiger partial charge in [0.25, 0.3) is 5.91 Å². The highest BCUT2D eigenvalue weighted by Gasteiger charge is 2.50. The predicted molar refractivity (Wildman–Crippen MR) is 173 cm³/mol. The standard InChI is InChI=1S/C35H39F3N6O3/c1-40-33(45)24-8-13-30(32(17-24)47-16-4-14-39)41-15-3-5-27-18-28-29(6-2-7-31(28)44(27)21-35(36,37)38)42-25-9-11-26(12-10-25)43-19-34(20-43)22-46-23-34/h2,6-8,13,17-18,25-26,41-42H,4,9-12,15-16,19-23H2,1H3,(H,40,45)/t25-,26+. The van der Waals surface area contributed by atoms with Gasteiger partial charge < -0.3 is 30.0 Å². The van der Waals surface area contributed by atoms with Crippen molar-refractivity contribution >= 4 is 28.2 Å². The molecule has 1 aromatic heterocycles. The Bertz CT molecular complexity index is 1700. The number of carbonyl (C=O) groups excluding carboxylic acids is 1. The molecule has 3 N–H and O–H groups in total. The average Bonchev–Trinajstić information content (AvgIpc) is 3.35. The molecule has 47 heavy (non-hydrogen) atoms. The first kappa shape index (κ1) is 32.5. The molecular formula is C35H39F3N6O3. The number of halogens is 3. The first-order chi connectivity index (χ1) is 22.7. The van der Waals surface area contributed by atoms with E-state index in [-0.39, 0.29) is 37.2 Å². The Hall–Kier alpha value is -4.39. The Morgan fingerprint density at radius 2 is 1.89 bits per heavy atom. The molecule has 0 bridgehead atoms. The number of ether oxygens (including phenoxy) is 2. The maximum atomic E-state index is 13.7. The summed E-state index contributed by atoms with van der Waals surface area (Å²) in [5, 5.41) is 18.9. The van der Waals surface area contributed by atoms with E-state index in [1.54, 1.807) is 36.4 Å². The maximum absolute atomic E-state index is 13.7. The fourth-order valence-corrected chi connectivity index (χ4v) is 6.87. The summed E-state index contributed by atoms with van der Waals surface area (Å²) in [5.41, 5.74) is 2.90. The summed E-state index contributed by atoms with van der Waals surface area (Å²) in [6.07, 6.45) is -0.0394. The van der Waals surface area contributed by atoms with Gasteiger partial charge in [-0.05, 0) is 68.0 Å². The third-order valence-corrected chi connectivity index (χ3v) is 9.28. The zero-order chi connectivity index (χ0) is 33.0. The summed E-state index contributed by atoms with van der Waals surface area (Å²) in [4.78, 5) is 14.7. The zero-order valence-corrected chi connectivity index (χ0v) is 26.4. The average molecular weight is 649 g/mol. The molecular weight excluding hydrogens is 609 g/mol. The molecule has 248 valence electrons. The van der Waals surface area contributed by atoms with Crippen LogP contribution in [0.15, 0.2) is 42.5 Å². The molecule has 0 radical (unpaired) electrons. The molecule has 12 heteroatoms. The first-order valence-corrected chi connectivity index (χ1v) is 16.0. The Labute approximate surface area is 272 Å². The van der Waals surface area contributed by atoms with Crippen LogP contribution in [0.1, 0.15) is 48.2 Å². The monoisotopic (exact) mass is 648 g/mol. The second kappa shape index (κ2) is 13.8. The predicted octanol–water partition coefficient (Wildman–Crippen LogP) is 5.37. The number of benzene rings is 2. The van der Waals surface area contributed by atoms with Gasteiger partial charge in [-0.15, -0.1) is 0 Å². The number of likely N-dealkylation sites (tertiary alicyclic amines) is 1. The molecule has 1 amide bonds. The van der Waals surface area contributed by atoms with E-state index in [2.05, 4.69) is 32.7 Å². The van der Waals surface area contributed by atoms with E-state index in [4.69, 9.17) is 14.7 Å². The molecule has 9 nitrogen and oxygen atoms in total. The summed E-state index contributed by atoms with van der Waals surface area (Å²) in [6, 6.07) is 14.9. The van der Waals surface area contributed by atoms with Crippen molar-refractivity contribution < 1.29 is 27.4 Å². The van der Waals surface area contributed by atoms with Crippen molar-refractivity contribution in [3.8, 4) is 23.7 Å². The summed E-state index contributed by atoms with van der Waals surface area (Å²) in [6.45, 7) is 3.12. The summed E-state index contributed by atoms with van der Waals surface area (Å²) in [5.74, 6) is 5.99. The van der Waals surface area contributed by atoms with E-state index >= 15 is 0 Å². The van der Waals surface area contributed by atoms with Gasteiger partial charge in [0.1, 0.15) is 18.9 Å². The van der Waals surface area contributed by atoms with Crippen LogP contribution in [-0.4, -0.2) is 80.1 Å². The van der Waals surface area contributed by atoms with Gasteiger partial charge in [0.05, 0.1) is 49.1 Å². The van der Waals surface area contributed by atoms with Crippen molar-refractivity contribution in [3.05, 3.63) is 53.7 Å². The topological polar surface area (TPSA) is 104 Å². The number of alkyl halides is 3. The largest absolute Gasteiger partial charge is 0.490 e. The number of carbonyl (C=O) groups is 1. The van der Waals surface area contributed by atoms with Gasteiger partial charge in [0, 0.05) is 54.3 Å². The quantitative estimate of drug-likeness (QED) is 0.201. The van der Waals surface area contributed by atoms with Crippen LogP contribution in [0.3, 0.4) is 0 Å². The molecule has 1 aliphatic carbocycles. The van der Waals surface area contributed by atoms with Gasteiger partial charge in [0.2, 0.25) is 0 Å². The molecule has 0 unspecified atom stereocenters. The zero-order valence-electron chi connectivity index (χ0n) is 26.4. The molecule has 3 fully saturated rings. The number of nitrogens with zero attached hydrogens (tertiary/aromatic N) is 3. The Balaban J connectivity index is 1.15. The third kappa shape index (κ3) is 7.45. The number of nitriles is 1. The van der Waals surface area contributed by atoms with Crippen molar-refractivity contribution in [1.29, 1.82) is 5.26 Å². The molecule has 3 aliphatic rings. The molecule has 1 spiro atoms. The minimum atomic E-state index is -4.42. The van der Waals surface area contributed by atoms with Crippen LogP contribution in [0.5, 0.6) is 5.75 Å². The van der Waals surface area contributed by atoms with Crippen LogP contribution < -0.4 is 20.7 Å². The van der Waals surface area contributed by atoms with Crippen molar-refractivity contribution in [2.24, 2.45) is 5.41 Å². The minimum absolute atomic E-state index is 0.112. The first-order valence-electron chi connectivity index (χ1n) is 16.0. The molecule has 6 rings (SSSR count). The van der Waals surface area contributed by atoms with Gasteiger partial charge in [0.15, 0.2) is 0 Å². The number of nitrogens with one attached hydrogen (secondary N) is 3. The van der Waals surface area contributed by atoms with Crippen LogP contribution >= 0.6 is 0 Å². The number of rotatable bonds is 10. The Kier molecular flexibility index (Phi) is 9.53. The SMILES string of the molecule is CNC(=O)c1ccc(NCC#Cc2cc3c(N[C@H]4CC[C@@H](N5CC6(COC6)C5)CC4)cccc3n2CC(F)(F)F)c(OCCC#N)c1. The van der Waals surface area contributed by atoms with Gasteiger partial charge >= 0.3 is 6.18 Å². The lowest BCUT2D eigenvalue weighted by atomic mass is 9.75. The fraction of sp³-hybridized carbons (Fsp3) is 0.486. The van der Waals surface area contributed by atoms with Crippen molar-refractivity contribution in [2.75, 3.05) is 57.1 Å². The van der Waals surface area contributed by atoms with E-state index in [1.165, 1.54) is 11.6 Å². The second-order valence-corrected chi connectivity index (χ2v) is 12.7. The molecule has 2 saturated heterocycles. The smallest absolute Gasteiger partial charge is 0.406 e. The van der Waals surface area contributed by atoms with Crippen LogP contribution in [0.4, 0.5) is 24.5 Å². The minimum Gasteiger partial charge on any atom is -0.490 e. The fourth-order valence-electron chi connectivity index (χ4n) is 6.87. The van der Waals surface area contributed by atoms with E-state index in [9.17, 15) is 18.0 Å². The van der Waals surface area contributed by atoms with E-state index < -0.39 is 12.7 Å². The highest BCUT2D eigenvalue weighted by Crippen LogP contribution is 2.41. The van der Waals surface area contributed by atoms with Crippen molar-refractivity contribution in [3.63, 3.8) is 0 Å². The van der Waals surface area contributed by atoms with Crippen LogP contribution in [0.25, 0.3) is 10.9 Å². The van der Waals surface area contributed by atoms with Crippen molar-refractivity contribution in [2.45, 2.75) is 56.9 Å². The number of hydrogen-bond donors (Lipinski definition) is 3. The number of aromatic nitrogens is 1. The second-order valence-electron chi connectivity index (χ2n) is 12.7. The number of hydrogen-bond acceptors (Lipinski definition) is 7. The van der Waals surface area contributed by atoms with Crippen LogP contribution in [0.2, 0.25) is 0 Å². The Morgan fingerprint density at radius 3 is 2.57 bits per heavy atom. The lowest BCUT2D eigenvalue weighted by molar-refractivity contribution is -0.200. The molecule has 0 atom stereocenters. The van der Waals surface area contributed by atoms with Gasteiger partial charge in [-0.2, -0.15) is 18.4 Å². The van der Waals surface area contributed by atoms with E-state index in [0.717, 1.165) is 57.7 Å². The van der Waals surface area contributed by atoms with E-state index in [1.807, 2.05) is 12.1 Å². The lowest BCUT2D eigenvalue weighted by Gasteiger charge is -2.58. The summed E-state index contributed by atoms with van der Waals surface area (Å²) < 4.78 is 53.6. The molecule has 2 aromatic carbocycles.